The van der Waals surface area contributed by atoms with Crippen LogP contribution in [0.5, 0.6) is 0 Å². The molecule has 1 aromatic carbocycles. The lowest BCUT2D eigenvalue weighted by atomic mass is 9.94. The van der Waals surface area contributed by atoms with E-state index in [-0.39, 0.29) is 0 Å². The zero-order chi connectivity index (χ0) is 13.0. The summed E-state index contributed by atoms with van der Waals surface area (Å²) in [6.07, 6.45) is 8.35. The summed E-state index contributed by atoms with van der Waals surface area (Å²) in [4.78, 5) is 0. The lowest BCUT2D eigenvalue weighted by molar-refractivity contribution is 0.427. The Morgan fingerprint density at radius 3 is 2.67 bits per heavy atom. The predicted molar refractivity (Wildman–Crippen MR) is 79.2 cm³/mol. The van der Waals surface area contributed by atoms with Crippen molar-refractivity contribution in [2.75, 3.05) is 7.05 Å². The highest BCUT2D eigenvalue weighted by molar-refractivity contribution is 6.31. The number of hydrogen-bond acceptors (Lipinski definition) is 1. The quantitative estimate of drug-likeness (QED) is 0.800. The molecule has 0 radical (unpaired) electrons. The molecular weight excluding hydrogens is 242 g/mol. The Hall–Kier alpha value is -0.530. The molecule has 0 amide bonds. The van der Waals surface area contributed by atoms with E-state index in [0.717, 1.165) is 10.9 Å². The van der Waals surface area contributed by atoms with Gasteiger partial charge in [0.15, 0.2) is 0 Å². The molecule has 100 valence electrons. The van der Waals surface area contributed by atoms with Gasteiger partial charge in [0.05, 0.1) is 0 Å². The minimum absolute atomic E-state index is 0.474. The van der Waals surface area contributed by atoms with Crippen molar-refractivity contribution >= 4 is 11.6 Å². The molecule has 1 aliphatic rings. The third-order valence-corrected chi connectivity index (χ3v) is 4.70. The van der Waals surface area contributed by atoms with Gasteiger partial charge in [-0.25, -0.2) is 0 Å². The second-order valence-corrected chi connectivity index (χ2v) is 5.98. The van der Waals surface area contributed by atoms with E-state index in [9.17, 15) is 0 Å². The lowest BCUT2D eigenvalue weighted by Gasteiger charge is -2.19. The Morgan fingerprint density at radius 2 is 2.06 bits per heavy atom. The second kappa shape index (κ2) is 6.58. The van der Waals surface area contributed by atoms with Crippen molar-refractivity contribution in [2.45, 2.75) is 51.5 Å². The summed E-state index contributed by atoms with van der Waals surface area (Å²) < 4.78 is 0. The molecule has 0 bridgehead atoms. The highest BCUT2D eigenvalue weighted by Gasteiger charge is 2.17. The van der Waals surface area contributed by atoms with Gasteiger partial charge >= 0.3 is 0 Å². The van der Waals surface area contributed by atoms with Gasteiger partial charge in [-0.1, -0.05) is 49.4 Å². The van der Waals surface area contributed by atoms with Gasteiger partial charge in [-0.05, 0) is 49.9 Å². The SMILES string of the molecule is CNC(CCC1CCCC1)c1ccc(Cl)c(C)c1. The van der Waals surface area contributed by atoms with Gasteiger partial charge in [0, 0.05) is 11.1 Å². The minimum Gasteiger partial charge on any atom is -0.313 e. The number of hydrogen-bond donors (Lipinski definition) is 1. The summed E-state index contributed by atoms with van der Waals surface area (Å²) in [6.45, 7) is 2.08. The predicted octanol–water partition coefficient (Wildman–Crippen LogP) is 4.88. The first-order chi connectivity index (χ1) is 8.70. The first-order valence-electron chi connectivity index (χ1n) is 7.14. The summed E-state index contributed by atoms with van der Waals surface area (Å²) in [5, 5.41) is 4.31. The smallest absolute Gasteiger partial charge is 0.0435 e. The molecule has 1 N–H and O–H groups in total. The van der Waals surface area contributed by atoms with E-state index in [4.69, 9.17) is 11.6 Å². The molecule has 1 unspecified atom stereocenters. The van der Waals surface area contributed by atoms with Gasteiger partial charge in [0.2, 0.25) is 0 Å². The largest absolute Gasteiger partial charge is 0.313 e. The van der Waals surface area contributed by atoms with E-state index in [0.29, 0.717) is 6.04 Å². The first-order valence-corrected chi connectivity index (χ1v) is 7.52. The Bertz CT molecular complexity index is 383. The van der Waals surface area contributed by atoms with Crippen molar-refractivity contribution < 1.29 is 0 Å². The Balaban J connectivity index is 1.96. The number of benzene rings is 1. The van der Waals surface area contributed by atoms with E-state index in [1.165, 1.54) is 49.7 Å². The average molecular weight is 266 g/mol. The fourth-order valence-corrected chi connectivity index (χ4v) is 3.18. The number of nitrogens with one attached hydrogen (secondary N) is 1. The van der Waals surface area contributed by atoms with E-state index in [1.807, 2.05) is 6.07 Å². The van der Waals surface area contributed by atoms with Crippen molar-refractivity contribution in [3.8, 4) is 0 Å². The topological polar surface area (TPSA) is 12.0 Å². The van der Waals surface area contributed by atoms with Crippen molar-refractivity contribution in [2.24, 2.45) is 5.92 Å². The van der Waals surface area contributed by atoms with Crippen LogP contribution in [-0.4, -0.2) is 7.05 Å². The van der Waals surface area contributed by atoms with Gasteiger partial charge in [0.25, 0.3) is 0 Å². The van der Waals surface area contributed by atoms with E-state index in [1.54, 1.807) is 0 Å². The lowest BCUT2D eigenvalue weighted by Crippen LogP contribution is -2.17. The fraction of sp³-hybridized carbons (Fsp3) is 0.625. The van der Waals surface area contributed by atoms with Crippen LogP contribution in [-0.2, 0) is 0 Å². The zero-order valence-corrected chi connectivity index (χ0v) is 12.3. The van der Waals surface area contributed by atoms with E-state index >= 15 is 0 Å². The number of aryl methyl sites for hydroxylation is 1. The molecule has 18 heavy (non-hydrogen) atoms. The summed E-state index contributed by atoms with van der Waals surface area (Å²) in [5.74, 6) is 0.967. The fourth-order valence-electron chi connectivity index (χ4n) is 3.06. The Labute approximate surface area is 116 Å². The summed E-state index contributed by atoms with van der Waals surface area (Å²) in [6, 6.07) is 6.87. The maximum absolute atomic E-state index is 6.09. The monoisotopic (exact) mass is 265 g/mol. The first kappa shape index (κ1) is 13.9. The van der Waals surface area contributed by atoms with Crippen LogP contribution in [0, 0.1) is 12.8 Å². The molecule has 0 saturated heterocycles. The van der Waals surface area contributed by atoms with Crippen molar-refractivity contribution in [1.29, 1.82) is 0 Å². The Kier molecular flexibility index (Phi) is 5.08. The highest BCUT2D eigenvalue weighted by atomic mass is 35.5. The van der Waals surface area contributed by atoms with E-state index in [2.05, 4.69) is 31.4 Å². The summed E-state index contributed by atoms with van der Waals surface area (Å²) in [7, 11) is 2.06. The van der Waals surface area contributed by atoms with Crippen LogP contribution in [0.15, 0.2) is 18.2 Å². The normalized spacial score (nSPS) is 18.2. The van der Waals surface area contributed by atoms with Gasteiger partial charge in [-0.15, -0.1) is 0 Å². The zero-order valence-electron chi connectivity index (χ0n) is 11.5. The molecule has 1 atom stereocenters. The third-order valence-electron chi connectivity index (χ3n) is 4.27. The maximum atomic E-state index is 6.09. The molecule has 0 aliphatic heterocycles. The molecular formula is C16H24ClN. The molecule has 1 nitrogen and oxygen atoms in total. The molecule has 2 rings (SSSR count). The van der Waals surface area contributed by atoms with Crippen LogP contribution in [0.4, 0.5) is 0 Å². The molecule has 0 aromatic heterocycles. The Morgan fingerprint density at radius 1 is 1.33 bits per heavy atom. The van der Waals surface area contributed by atoms with Crippen LogP contribution in [0.1, 0.15) is 55.7 Å². The second-order valence-electron chi connectivity index (χ2n) is 5.58. The highest BCUT2D eigenvalue weighted by Crippen LogP contribution is 2.32. The van der Waals surface area contributed by atoms with Crippen LogP contribution in [0.3, 0.4) is 0 Å². The molecule has 1 saturated carbocycles. The molecule has 0 spiro atoms. The molecule has 1 aliphatic carbocycles. The molecule has 2 heteroatoms. The van der Waals surface area contributed by atoms with Gasteiger partial charge in [-0.2, -0.15) is 0 Å². The summed E-state index contributed by atoms with van der Waals surface area (Å²) >= 11 is 6.09. The van der Waals surface area contributed by atoms with Crippen molar-refractivity contribution in [3.05, 3.63) is 34.3 Å². The van der Waals surface area contributed by atoms with E-state index < -0.39 is 0 Å². The number of halogens is 1. The molecule has 1 aromatic rings. The van der Waals surface area contributed by atoms with Crippen molar-refractivity contribution in [1.82, 2.24) is 5.32 Å². The standard InChI is InChI=1S/C16H24ClN/c1-12-11-14(8-9-15(12)17)16(18-2)10-7-13-5-3-4-6-13/h8-9,11,13,16,18H,3-7,10H2,1-2H3. The van der Waals surface area contributed by atoms with Crippen LogP contribution in [0.25, 0.3) is 0 Å². The maximum Gasteiger partial charge on any atom is 0.0435 e. The minimum atomic E-state index is 0.474. The van der Waals surface area contributed by atoms with Crippen LogP contribution in [0.2, 0.25) is 5.02 Å². The summed E-state index contributed by atoms with van der Waals surface area (Å²) in [5.41, 5.74) is 2.55. The number of rotatable bonds is 5. The van der Waals surface area contributed by atoms with Crippen LogP contribution >= 0.6 is 11.6 Å². The third kappa shape index (κ3) is 3.49. The molecule has 1 fully saturated rings. The van der Waals surface area contributed by atoms with Gasteiger partial charge in [0.1, 0.15) is 0 Å². The molecule has 0 heterocycles. The van der Waals surface area contributed by atoms with Crippen LogP contribution < -0.4 is 5.32 Å². The van der Waals surface area contributed by atoms with Gasteiger partial charge in [-0.3, -0.25) is 0 Å². The average Bonchev–Trinajstić information content (AvgIpc) is 2.87. The van der Waals surface area contributed by atoms with Gasteiger partial charge < -0.3 is 5.32 Å². The van der Waals surface area contributed by atoms with Crippen molar-refractivity contribution in [3.63, 3.8) is 0 Å².